The van der Waals surface area contributed by atoms with Gasteiger partial charge < -0.3 is 14.4 Å². The molecule has 6 nitrogen and oxygen atoms in total. The molecule has 0 aromatic carbocycles. The quantitative estimate of drug-likeness (QED) is 0.853. The summed E-state index contributed by atoms with van der Waals surface area (Å²) in [7, 11) is 0. The molecule has 2 atom stereocenters. The summed E-state index contributed by atoms with van der Waals surface area (Å²) in [4.78, 5) is 15.4. The first kappa shape index (κ1) is 15.8. The Bertz CT molecular complexity index is 673. The van der Waals surface area contributed by atoms with Crippen molar-refractivity contribution in [2.45, 2.75) is 31.1 Å². The van der Waals surface area contributed by atoms with E-state index in [9.17, 15) is 4.79 Å². The van der Waals surface area contributed by atoms with Gasteiger partial charge in [-0.15, -0.1) is 11.3 Å². The number of ether oxygens (including phenoxy) is 2. The molecule has 4 heterocycles. The molecule has 2 aliphatic heterocycles. The first-order valence-electron chi connectivity index (χ1n) is 8.30. The Hall–Kier alpha value is -1.70. The molecule has 1 amide bonds. The molecule has 4 rings (SSSR count). The van der Waals surface area contributed by atoms with E-state index in [2.05, 4.69) is 5.10 Å². The number of hydrogen-bond acceptors (Lipinski definition) is 5. The highest BCUT2D eigenvalue weighted by Gasteiger charge is 2.44. The second-order valence-corrected chi connectivity index (χ2v) is 7.39. The third-order valence-electron chi connectivity index (χ3n) is 4.66. The zero-order valence-electron chi connectivity index (χ0n) is 13.5. The molecule has 2 aromatic rings. The summed E-state index contributed by atoms with van der Waals surface area (Å²) in [5.41, 5.74) is -0.388. The standard InChI is InChI=1S/C17H21N3O3S/c21-16(15-3-1-10-24-15)19-8-9-22-13-17(12-19)5-4-14(23-17)11-20-7-2-6-18-20/h1-3,6-7,10,14H,4-5,8-9,11-13H2/t14-,17+/m0/s1. The second-order valence-electron chi connectivity index (χ2n) is 6.45. The molecule has 1 spiro atoms. The molecule has 128 valence electrons. The monoisotopic (exact) mass is 347 g/mol. The number of carbonyl (C=O) groups excluding carboxylic acids is 1. The fourth-order valence-corrected chi connectivity index (χ4v) is 4.19. The van der Waals surface area contributed by atoms with Crippen LogP contribution in [0.4, 0.5) is 0 Å². The maximum atomic E-state index is 12.7. The molecule has 0 radical (unpaired) electrons. The Labute approximate surface area is 145 Å². The van der Waals surface area contributed by atoms with Crippen molar-refractivity contribution in [1.29, 1.82) is 0 Å². The van der Waals surface area contributed by atoms with Gasteiger partial charge in [-0.2, -0.15) is 5.10 Å². The molecular formula is C17H21N3O3S. The zero-order valence-corrected chi connectivity index (χ0v) is 14.3. The first-order valence-corrected chi connectivity index (χ1v) is 9.18. The number of nitrogens with zero attached hydrogens (tertiary/aromatic N) is 3. The smallest absolute Gasteiger partial charge is 0.264 e. The van der Waals surface area contributed by atoms with Crippen LogP contribution in [0.5, 0.6) is 0 Å². The van der Waals surface area contributed by atoms with Crippen molar-refractivity contribution in [3.8, 4) is 0 Å². The minimum atomic E-state index is -0.388. The Morgan fingerprint density at radius 3 is 3.21 bits per heavy atom. The third kappa shape index (κ3) is 3.24. The van der Waals surface area contributed by atoms with E-state index < -0.39 is 0 Å². The van der Waals surface area contributed by atoms with Crippen LogP contribution in [-0.4, -0.2) is 58.6 Å². The normalized spacial score (nSPS) is 27.5. The number of rotatable bonds is 3. The van der Waals surface area contributed by atoms with E-state index in [0.29, 0.717) is 26.3 Å². The van der Waals surface area contributed by atoms with Crippen LogP contribution >= 0.6 is 11.3 Å². The van der Waals surface area contributed by atoms with Crippen LogP contribution in [0.3, 0.4) is 0 Å². The average Bonchev–Trinajstić information content (AvgIpc) is 3.30. The van der Waals surface area contributed by atoms with Gasteiger partial charge in [-0.3, -0.25) is 9.48 Å². The van der Waals surface area contributed by atoms with Gasteiger partial charge >= 0.3 is 0 Å². The second kappa shape index (κ2) is 6.66. The molecule has 0 bridgehead atoms. The van der Waals surface area contributed by atoms with Gasteiger partial charge in [-0.25, -0.2) is 0 Å². The van der Waals surface area contributed by atoms with Gasteiger partial charge in [-0.1, -0.05) is 6.07 Å². The number of carbonyl (C=O) groups is 1. The van der Waals surface area contributed by atoms with Crippen LogP contribution in [0.25, 0.3) is 0 Å². The molecule has 7 heteroatoms. The highest BCUT2D eigenvalue weighted by molar-refractivity contribution is 7.12. The van der Waals surface area contributed by atoms with Crippen molar-refractivity contribution in [1.82, 2.24) is 14.7 Å². The van der Waals surface area contributed by atoms with Crippen molar-refractivity contribution < 1.29 is 14.3 Å². The highest BCUT2D eigenvalue weighted by atomic mass is 32.1. The number of amides is 1. The molecule has 2 aromatic heterocycles. The summed E-state index contributed by atoms with van der Waals surface area (Å²) in [6, 6.07) is 5.70. The molecule has 2 aliphatic rings. The van der Waals surface area contributed by atoms with Gasteiger partial charge in [-0.05, 0) is 30.4 Å². The lowest BCUT2D eigenvalue weighted by atomic mass is 10.00. The number of aromatic nitrogens is 2. The van der Waals surface area contributed by atoms with Gasteiger partial charge in [0.1, 0.15) is 5.60 Å². The van der Waals surface area contributed by atoms with Crippen LogP contribution in [0.2, 0.25) is 0 Å². The first-order chi connectivity index (χ1) is 11.7. The predicted molar refractivity (Wildman–Crippen MR) is 90.1 cm³/mol. The lowest BCUT2D eigenvalue weighted by Crippen LogP contribution is -2.46. The third-order valence-corrected chi connectivity index (χ3v) is 5.52. The summed E-state index contributed by atoms with van der Waals surface area (Å²) >= 11 is 1.48. The largest absolute Gasteiger partial charge is 0.377 e. The summed E-state index contributed by atoms with van der Waals surface area (Å²) < 4.78 is 14.0. The van der Waals surface area contributed by atoms with E-state index in [-0.39, 0.29) is 17.6 Å². The van der Waals surface area contributed by atoms with Gasteiger partial charge in [0.15, 0.2) is 0 Å². The minimum Gasteiger partial charge on any atom is -0.377 e. The number of thiophene rings is 1. The van der Waals surface area contributed by atoms with E-state index in [0.717, 1.165) is 24.3 Å². The van der Waals surface area contributed by atoms with E-state index in [1.54, 1.807) is 6.20 Å². The van der Waals surface area contributed by atoms with E-state index in [4.69, 9.17) is 9.47 Å². The summed E-state index contributed by atoms with van der Waals surface area (Å²) in [5, 5.41) is 6.19. The van der Waals surface area contributed by atoms with Gasteiger partial charge in [0.25, 0.3) is 5.91 Å². The van der Waals surface area contributed by atoms with E-state index in [1.165, 1.54) is 11.3 Å². The van der Waals surface area contributed by atoms with Gasteiger partial charge in [0.05, 0.1) is 37.3 Å². The van der Waals surface area contributed by atoms with Crippen LogP contribution in [0.15, 0.2) is 36.0 Å². The Morgan fingerprint density at radius 2 is 2.42 bits per heavy atom. The predicted octanol–water partition coefficient (Wildman–Crippen LogP) is 2.03. The summed E-state index contributed by atoms with van der Waals surface area (Å²) in [5.74, 6) is 0.0778. The Balaban J connectivity index is 1.45. The highest BCUT2D eigenvalue weighted by Crippen LogP contribution is 2.34. The minimum absolute atomic E-state index is 0.0778. The molecule has 2 fully saturated rings. The molecular weight excluding hydrogens is 326 g/mol. The molecule has 0 N–H and O–H groups in total. The maximum Gasteiger partial charge on any atom is 0.264 e. The fraction of sp³-hybridized carbons (Fsp3) is 0.529. The van der Waals surface area contributed by atoms with Crippen LogP contribution in [0, 0.1) is 0 Å². The zero-order chi connectivity index (χ0) is 16.4. The number of hydrogen-bond donors (Lipinski definition) is 0. The van der Waals surface area contributed by atoms with E-state index >= 15 is 0 Å². The summed E-state index contributed by atoms with van der Waals surface area (Å²) in [6.07, 6.45) is 5.72. The Kier molecular flexibility index (Phi) is 4.39. The van der Waals surface area contributed by atoms with E-state index in [1.807, 2.05) is 39.4 Å². The fourth-order valence-electron chi connectivity index (χ4n) is 3.50. The van der Waals surface area contributed by atoms with Gasteiger partial charge in [0.2, 0.25) is 0 Å². The van der Waals surface area contributed by atoms with Crippen LogP contribution in [-0.2, 0) is 16.0 Å². The molecule has 0 aliphatic carbocycles. The topological polar surface area (TPSA) is 56.6 Å². The maximum absolute atomic E-state index is 12.7. The average molecular weight is 347 g/mol. The molecule has 0 saturated carbocycles. The van der Waals surface area contributed by atoms with Crippen molar-refractivity contribution in [2.75, 3.05) is 26.3 Å². The van der Waals surface area contributed by atoms with Crippen molar-refractivity contribution in [3.63, 3.8) is 0 Å². The molecule has 24 heavy (non-hydrogen) atoms. The molecule has 2 saturated heterocycles. The van der Waals surface area contributed by atoms with Crippen molar-refractivity contribution in [3.05, 3.63) is 40.8 Å². The summed E-state index contributed by atoms with van der Waals surface area (Å²) in [6.45, 7) is 3.07. The SMILES string of the molecule is O=C(c1cccs1)N1CCOC[C@@]2(CC[C@@H](Cn3cccn3)O2)C1. The lowest BCUT2D eigenvalue weighted by molar-refractivity contribution is -0.0880. The van der Waals surface area contributed by atoms with Crippen molar-refractivity contribution in [2.24, 2.45) is 0 Å². The Morgan fingerprint density at radius 1 is 1.46 bits per heavy atom. The van der Waals surface area contributed by atoms with Crippen LogP contribution < -0.4 is 0 Å². The molecule has 0 unspecified atom stereocenters. The van der Waals surface area contributed by atoms with Crippen LogP contribution in [0.1, 0.15) is 22.5 Å². The lowest BCUT2D eigenvalue weighted by Gasteiger charge is -2.31. The van der Waals surface area contributed by atoms with Crippen molar-refractivity contribution >= 4 is 17.2 Å². The van der Waals surface area contributed by atoms with Gasteiger partial charge in [0, 0.05) is 18.9 Å².